The fourth-order valence-corrected chi connectivity index (χ4v) is 2.19. The molecular weight excluding hydrogens is 222 g/mol. The van der Waals surface area contributed by atoms with E-state index in [4.69, 9.17) is 0 Å². The van der Waals surface area contributed by atoms with E-state index in [1.165, 1.54) is 5.56 Å². The van der Waals surface area contributed by atoms with Crippen LogP contribution in [0.15, 0.2) is 41.4 Å². The first-order valence-corrected chi connectivity index (χ1v) is 6.06. The summed E-state index contributed by atoms with van der Waals surface area (Å²) in [7, 11) is 0. The number of H-pyrrole nitrogens is 1. The Labute approximate surface area is 107 Å². The van der Waals surface area contributed by atoms with Crippen LogP contribution in [-0.2, 0) is 0 Å². The maximum Gasteiger partial charge on any atom is 0.189 e. The van der Waals surface area contributed by atoms with Gasteiger partial charge in [-0.05, 0) is 43.5 Å². The third-order valence-electron chi connectivity index (χ3n) is 3.13. The maximum atomic E-state index is 11.8. The first kappa shape index (κ1) is 12.4. The smallest absolute Gasteiger partial charge is 0.189 e. The van der Waals surface area contributed by atoms with Crippen molar-refractivity contribution in [1.29, 1.82) is 0 Å². The SMILES string of the molecule is CC=C/C=C/c1c(C)cc2c(=O)cc[nH]c2c1C. The van der Waals surface area contributed by atoms with Gasteiger partial charge in [0.25, 0.3) is 0 Å². The van der Waals surface area contributed by atoms with Crippen LogP contribution in [0.2, 0.25) is 0 Å². The summed E-state index contributed by atoms with van der Waals surface area (Å²) in [4.78, 5) is 15.0. The molecule has 92 valence electrons. The van der Waals surface area contributed by atoms with Gasteiger partial charge >= 0.3 is 0 Å². The van der Waals surface area contributed by atoms with Crippen molar-refractivity contribution >= 4 is 17.0 Å². The van der Waals surface area contributed by atoms with Gasteiger partial charge in [0, 0.05) is 17.6 Å². The fraction of sp³-hybridized carbons (Fsp3) is 0.188. The first-order valence-electron chi connectivity index (χ1n) is 6.06. The zero-order chi connectivity index (χ0) is 13.1. The van der Waals surface area contributed by atoms with Crippen molar-refractivity contribution in [3.8, 4) is 0 Å². The van der Waals surface area contributed by atoms with Crippen LogP contribution >= 0.6 is 0 Å². The number of aromatic nitrogens is 1. The van der Waals surface area contributed by atoms with E-state index in [2.05, 4.69) is 11.1 Å². The molecule has 0 atom stereocenters. The number of aromatic amines is 1. The second-order valence-corrected chi connectivity index (χ2v) is 4.38. The van der Waals surface area contributed by atoms with Gasteiger partial charge in [0.2, 0.25) is 0 Å². The molecule has 0 radical (unpaired) electrons. The molecule has 2 rings (SSSR count). The van der Waals surface area contributed by atoms with Crippen molar-refractivity contribution in [3.05, 3.63) is 63.5 Å². The fourth-order valence-electron chi connectivity index (χ4n) is 2.19. The lowest BCUT2D eigenvalue weighted by molar-refractivity contribution is 1.31. The van der Waals surface area contributed by atoms with E-state index in [9.17, 15) is 4.79 Å². The average Bonchev–Trinajstić information content (AvgIpc) is 2.35. The lowest BCUT2D eigenvalue weighted by Crippen LogP contribution is -2.03. The van der Waals surface area contributed by atoms with Crippen molar-refractivity contribution in [2.24, 2.45) is 0 Å². The highest BCUT2D eigenvalue weighted by atomic mass is 16.1. The van der Waals surface area contributed by atoms with Crippen molar-refractivity contribution < 1.29 is 0 Å². The number of allylic oxidation sites excluding steroid dienone is 3. The molecule has 0 aliphatic heterocycles. The van der Waals surface area contributed by atoms with Gasteiger partial charge < -0.3 is 4.98 Å². The Morgan fingerprint density at radius 2 is 2.00 bits per heavy atom. The molecule has 0 aliphatic carbocycles. The summed E-state index contributed by atoms with van der Waals surface area (Å²) >= 11 is 0. The molecule has 0 bridgehead atoms. The highest BCUT2D eigenvalue weighted by Gasteiger charge is 2.07. The summed E-state index contributed by atoms with van der Waals surface area (Å²) in [5.41, 5.74) is 4.40. The summed E-state index contributed by atoms with van der Waals surface area (Å²) in [5, 5.41) is 0.760. The topological polar surface area (TPSA) is 32.9 Å². The Hall–Kier alpha value is -2.09. The van der Waals surface area contributed by atoms with Gasteiger partial charge in [0.05, 0.1) is 5.52 Å². The van der Waals surface area contributed by atoms with E-state index in [0.717, 1.165) is 22.0 Å². The Bertz CT molecular complexity index is 690. The Morgan fingerprint density at radius 1 is 1.22 bits per heavy atom. The average molecular weight is 239 g/mol. The minimum atomic E-state index is 0.0685. The monoisotopic (exact) mass is 239 g/mol. The minimum Gasteiger partial charge on any atom is -0.361 e. The van der Waals surface area contributed by atoms with Gasteiger partial charge in [-0.1, -0.05) is 24.3 Å². The van der Waals surface area contributed by atoms with E-state index in [-0.39, 0.29) is 5.43 Å². The summed E-state index contributed by atoms with van der Waals surface area (Å²) in [6, 6.07) is 3.52. The van der Waals surface area contributed by atoms with Crippen molar-refractivity contribution in [3.63, 3.8) is 0 Å². The number of hydrogen-bond acceptors (Lipinski definition) is 1. The highest BCUT2D eigenvalue weighted by molar-refractivity contribution is 5.86. The van der Waals surface area contributed by atoms with Crippen molar-refractivity contribution in [1.82, 2.24) is 4.98 Å². The van der Waals surface area contributed by atoms with Crippen LogP contribution in [0.25, 0.3) is 17.0 Å². The van der Waals surface area contributed by atoms with Gasteiger partial charge in [-0.2, -0.15) is 0 Å². The molecule has 1 N–H and O–H groups in total. The third kappa shape index (κ3) is 2.14. The molecule has 0 fully saturated rings. The maximum absolute atomic E-state index is 11.8. The highest BCUT2D eigenvalue weighted by Crippen LogP contribution is 2.22. The lowest BCUT2D eigenvalue weighted by atomic mass is 9.98. The predicted octanol–water partition coefficient (Wildman–Crippen LogP) is 3.73. The van der Waals surface area contributed by atoms with E-state index >= 15 is 0 Å². The second-order valence-electron chi connectivity index (χ2n) is 4.38. The van der Waals surface area contributed by atoms with Gasteiger partial charge in [0.1, 0.15) is 0 Å². The molecule has 2 heteroatoms. The van der Waals surface area contributed by atoms with Crippen molar-refractivity contribution in [2.45, 2.75) is 20.8 Å². The lowest BCUT2D eigenvalue weighted by Gasteiger charge is -2.09. The van der Waals surface area contributed by atoms with Gasteiger partial charge in [-0.15, -0.1) is 0 Å². The molecule has 0 saturated heterocycles. The molecule has 1 aromatic carbocycles. The van der Waals surface area contributed by atoms with Crippen LogP contribution in [0.4, 0.5) is 0 Å². The molecule has 1 heterocycles. The summed E-state index contributed by atoms with van der Waals surface area (Å²) in [5.74, 6) is 0. The minimum absolute atomic E-state index is 0.0685. The molecule has 0 saturated carbocycles. The molecule has 0 amide bonds. The molecule has 0 spiro atoms. The summed E-state index contributed by atoms with van der Waals surface area (Å²) < 4.78 is 0. The summed E-state index contributed by atoms with van der Waals surface area (Å²) in [6.45, 7) is 6.07. The quantitative estimate of drug-likeness (QED) is 0.796. The number of benzene rings is 1. The molecule has 18 heavy (non-hydrogen) atoms. The zero-order valence-electron chi connectivity index (χ0n) is 10.9. The van der Waals surface area contributed by atoms with Crippen LogP contribution < -0.4 is 5.43 Å². The largest absolute Gasteiger partial charge is 0.361 e. The van der Waals surface area contributed by atoms with E-state index < -0.39 is 0 Å². The first-order chi connectivity index (χ1) is 8.65. The number of fused-ring (bicyclic) bond motifs is 1. The van der Waals surface area contributed by atoms with Crippen molar-refractivity contribution in [2.75, 3.05) is 0 Å². The number of nitrogens with one attached hydrogen (secondary N) is 1. The number of pyridine rings is 1. The molecular formula is C16H17NO. The molecule has 0 unspecified atom stereocenters. The zero-order valence-corrected chi connectivity index (χ0v) is 10.9. The molecule has 0 aliphatic rings. The van der Waals surface area contributed by atoms with Gasteiger partial charge in [0.15, 0.2) is 5.43 Å². The van der Waals surface area contributed by atoms with E-state index in [1.807, 2.05) is 45.1 Å². The van der Waals surface area contributed by atoms with E-state index in [1.54, 1.807) is 12.3 Å². The molecule has 2 nitrogen and oxygen atoms in total. The number of aryl methyl sites for hydroxylation is 2. The number of rotatable bonds is 2. The van der Waals surface area contributed by atoms with Crippen LogP contribution in [0.3, 0.4) is 0 Å². The van der Waals surface area contributed by atoms with Gasteiger partial charge in [-0.25, -0.2) is 0 Å². The second kappa shape index (κ2) is 5.05. The van der Waals surface area contributed by atoms with Crippen LogP contribution in [0.1, 0.15) is 23.6 Å². The Balaban J connectivity index is 2.73. The van der Waals surface area contributed by atoms with E-state index in [0.29, 0.717) is 0 Å². The standard InChI is InChI=1S/C16H17NO/c1-4-5-6-7-13-11(2)10-14-15(18)8-9-17-16(14)12(13)3/h4-10H,1-3H3,(H,17,18)/b5-4?,7-6+. The Kier molecular flexibility index (Phi) is 3.47. The molecule has 2 aromatic rings. The summed E-state index contributed by atoms with van der Waals surface area (Å²) in [6.07, 6.45) is 9.78. The normalized spacial score (nSPS) is 11.9. The number of hydrogen-bond donors (Lipinski definition) is 1. The molecule has 1 aromatic heterocycles. The van der Waals surface area contributed by atoms with Crippen LogP contribution in [-0.4, -0.2) is 4.98 Å². The third-order valence-corrected chi connectivity index (χ3v) is 3.13. The predicted molar refractivity (Wildman–Crippen MR) is 77.9 cm³/mol. The Morgan fingerprint density at radius 3 is 2.72 bits per heavy atom. The van der Waals surface area contributed by atoms with Gasteiger partial charge in [-0.3, -0.25) is 4.79 Å². The van der Waals surface area contributed by atoms with Crippen LogP contribution in [0, 0.1) is 13.8 Å². The van der Waals surface area contributed by atoms with Crippen LogP contribution in [0.5, 0.6) is 0 Å².